The summed E-state index contributed by atoms with van der Waals surface area (Å²) in [4.78, 5) is 30.3. The predicted molar refractivity (Wildman–Crippen MR) is 118 cm³/mol. The highest BCUT2D eigenvalue weighted by Crippen LogP contribution is 2.33. The van der Waals surface area contributed by atoms with Crippen molar-refractivity contribution in [3.8, 4) is 17.0 Å². The standard InChI is InChI=1S/C24H16F2N2O3S/c1-31-17-10-7-15(8-11-17)23(30)28-24-27-20(14-5-3-2-4-6-14)22(32-24)21(29)18-12-9-16(25)13-19(18)26/h2-13H,1H3,(H,27,28,30). The molecule has 0 bridgehead atoms. The molecule has 3 aromatic carbocycles. The fraction of sp³-hybridized carbons (Fsp3) is 0.0417. The van der Waals surface area contributed by atoms with Crippen molar-refractivity contribution in [1.82, 2.24) is 4.98 Å². The molecule has 1 N–H and O–H groups in total. The van der Waals surface area contributed by atoms with Crippen LogP contribution in [0.1, 0.15) is 25.6 Å². The minimum absolute atomic E-state index is 0.131. The van der Waals surface area contributed by atoms with Crippen molar-refractivity contribution in [3.63, 3.8) is 0 Å². The van der Waals surface area contributed by atoms with Gasteiger partial charge in [0.15, 0.2) is 5.13 Å². The van der Waals surface area contributed by atoms with Crippen LogP contribution in [0.5, 0.6) is 5.75 Å². The van der Waals surface area contributed by atoms with Crippen LogP contribution < -0.4 is 10.1 Å². The molecule has 0 saturated carbocycles. The van der Waals surface area contributed by atoms with Gasteiger partial charge in [-0.2, -0.15) is 0 Å². The molecule has 0 radical (unpaired) electrons. The van der Waals surface area contributed by atoms with E-state index in [2.05, 4.69) is 10.3 Å². The van der Waals surface area contributed by atoms with Crippen LogP contribution in [-0.2, 0) is 0 Å². The molecular weight excluding hydrogens is 434 g/mol. The molecule has 8 heteroatoms. The summed E-state index contributed by atoms with van der Waals surface area (Å²) >= 11 is 0.923. The highest BCUT2D eigenvalue weighted by atomic mass is 32.1. The Morgan fingerprint density at radius 2 is 1.69 bits per heavy atom. The fourth-order valence-corrected chi connectivity index (χ4v) is 3.96. The Kier molecular flexibility index (Phi) is 6.04. The van der Waals surface area contributed by atoms with E-state index in [1.807, 2.05) is 6.07 Å². The number of hydrogen-bond donors (Lipinski definition) is 1. The molecule has 1 aromatic heterocycles. The molecule has 0 saturated heterocycles. The second kappa shape index (κ2) is 9.07. The third-order valence-electron chi connectivity index (χ3n) is 4.63. The van der Waals surface area contributed by atoms with Gasteiger partial charge in [0.1, 0.15) is 22.3 Å². The van der Waals surface area contributed by atoms with Crippen molar-refractivity contribution in [2.75, 3.05) is 12.4 Å². The van der Waals surface area contributed by atoms with Gasteiger partial charge in [0.05, 0.1) is 18.4 Å². The number of nitrogens with zero attached hydrogens (tertiary/aromatic N) is 1. The van der Waals surface area contributed by atoms with E-state index in [1.54, 1.807) is 48.5 Å². The number of ether oxygens (including phenoxy) is 1. The van der Waals surface area contributed by atoms with Crippen LogP contribution in [0.2, 0.25) is 0 Å². The quantitative estimate of drug-likeness (QED) is 0.390. The van der Waals surface area contributed by atoms with Crippen LogP contribution in [0.3, 0.4) is 0 Å². The van der Waals surface area contributed by atoms with Crippen LogP contribution in [0, 0.1) is 11.6 Å². The Labute approximate surface area is 186 Å². The van der Waals surface area contributed by atoms with Crippen LogP contribution in [0.25, 0.3) is 11.3 Å². The number of hydrogen-bond acceptors (Lipinski definition) is 5. The zero-order valence-electron chi connectivity index (χ0n) is 16.8. The molecule has 0 aliphatic heterocycles. The van der Waals surface area contributed by atoms with Gasteiger partial charge < -0.3 is 4.74 Å². The average Bonchev–Trinajstić information content (AvgIpc) is 3.23. The molecule has 0 aliphatic rings. The van der Waals surface area contributed by atoms with E-state index in [0.29, 0.717) is 28.6 Å². The maximum Gasteiger partial charge on any atom is 0.257 e. The molecule has 4 rings (SSSR count). The van der Waals surface area contributed by atoms with Crippen LogP contribution in [0.15, 0.2) is 72.8 Å². The summed E-state index contributed by atoms with van der Waals surface area (Å²) in [5.74, 6) is -2.21. The van der Waals surface area contributed by atoms with E-state index >= 15 is 0 Å². The number of ketones is 1. The number of halogens is 2. The van der Waals surface area contributed by atoms with Gasteiger partial charge >= 0.3 is 0 Å². The van der Waals surface area contributed by atoms with Crippen molar-refractivity contribution in [1.29, 1.82) is 0 Å². The number of methoxy groups -OCH3 is 1. The van der Waals surface area contributed by atoms with E-state index in [-0.39, 0.29) is 15.6 Å². The van der Waals surface area contributed by atoms with Crippen LogP contribution >= 0.6 is 11.3 Å². The van der Waals surface area contributed by atoms with E-state index in [1.165, 1.54) is 7.11 Å². The van der Waals surface area contributed by atoms with Crippen molar-refractivity contribution in [2.24, 2.45) is 0 Å². The summed E-state index contributed by atoms with van der Waals surface area (Å²) in [6.45, 7) is 0. The lowest BCUT2D eigenvalue weighted by Gasteiger charge is -2.03. The first-order valence-electron chi connectivity index (χ1n) is 9.47. The molecule has 1 amide bonds. The number of benzene rings is 3. The third kappa shape index (κ3) is 4.40. The lowest BCUT2D eigenvalue weighted by atomic mass is 10.0. The molecule has 0 atom stereocenters. The molecule has 4 aromatic rings. The number of aromatic nitrogens is 1. The third-order valence-corrected chi connectivity index (χ3v) is 5.60. The molecule has 5 nitrogen and oxygen atoms in total. The van der Waals surface area contributed by atoms with Gasteiger partial charge in [-0.25, -0.2) is 13.8 Å². The number of nitrogens with one attached hydrogen (secondary N) is 1. The van der Waals surface area contributed by atoms with E-state index < -0.39 is 23.3 Å². The number of amides is 1. The molecular formula is C24H16F2N2O3S. The zero-order valence-corrected chi connectivity index (χ0v) is 17.6. The number of anilines is 1. The highest BCUT2D eigenvalue weighted by Gasteiger charge is 2.24. The molecule has 0 unspecified atom stereocenters. The second-order valence-electron chi connectivity index (χ2n) is 6.70. The molecule has 1 heterocycles. The van der Waals surface area contributed by atoms with Crippen LogP contribution in [-0.4, -0.2) is 23.8 Å². The van der Waals surface area contributed by atoms with Crippen LogP contribution in [0.4, 0.5) is 13.9 Å². The summed E-state index contributed by atoms with van der Waals surface area (Å²) in [7, 11) is 1.53. The molecule has 0 fully saturated rings. The summed E-state index contributed by atoms with van der Waals surface area (Å²) < 4.78 is 32.6. The first-order chi connectivity index (χ1) is 15.5. The summed E-state index contributed by atoms with van der Waals surface area (Å²) in [6, 6.07) is 18.1. The maximum absolute atomic E-state index is 14.3. The van der Waals surface area contributed by atoms with Gasteiger partial charge in [0.2, 0.25) is 5.78 Å². The monoisotopic (exact) mass is 450 g/mol. The largest absolute Gasteiger partial charge is 0.497 e. The first-order valence-corrected chi connectivity index (χ1v) is 10.3. The summed E-state index contributed by atoms with van der Waals surface area (Å²) in [5.41, 5.74) is 1.02. The van der Waals surface area contributed by atoms with Gasteiger partial charge in [0.25, 0.3) is 5.91 Å². The molecule has 0 spiro atoms. The van der Waals surface area contributed by atoms with Crippen molar-refractivity contribution in [2.45, 2.75) is 0 Å². The number of carbonyl (C=O) groups is 2. The van der Waals surface area contributed by atoms with Crippen molar-refractivity contribution in [3.05, 3.63) is 100 Å². The number of thiazole rings is 1. The highest BCUT2D eigenvalue weighted by molar-refractivity contribution is 7.18. The maximum atomic E-state index is 14.3. The Bertz CT molecular complexity index is 1290. The number of carbonyl (C=O) groups excluding carboxylic acids is 2. The minimum Gasteiger partial charge on any atom is -0.497 e. The predicted octanol–water partition coefficient (Wildman–Crippen LogP) is 5.58. The summed E-state index contributed by atoms with van der Waals surface area (Å²) in [6.07, 6.45) is 0. The van der Waals surface area contributed by atoms with E-state index in [4.69, 9.17) is 4.74 Å². The van der Waals surface area contributed by atoms with E-state index in [9.17, 15) is 18.4 Å². The van der Waals surface area contributed by atoms with Gasteiger partial charge in [0, 0.05) is 17.2 Å². The lowest BCUT2D eigenvalue weighted by molar-refractivity contribution is 0.102. The lowest BCUT2D eigenvalue weighted by Crippen LogP contribution is -2.11. The Morgan fingerprint density at radius 3 is 2.34 bits per heavy atom. The smallest absolute Gasteiger partial charge is 0.257 e. The second-order valence-corrected chi connectivity index (χ2v) is 7.70. The Balaban J connectivity index is 1.71. The Morgan fingerprint density at radius 1 is 0.969 bits per heavy atom. The topological polar surface area (TPSA) is 68.3 Å². The molecule has 32 heavy (non-hydrogen) atoms. The van der Waals surface area contributed by atoms with Gasteiger partial charge in [-0.1, -0.05) is 41.7 Å². The minimum atomic E-state index is -0.966. The SMILES string of the molecule is COc1ccc(C(=O)Nc2nc(-c3ccccc3)c(C(=O)c3ccc(F)cc3F)s2)cc1. The van der Waals surface area contributed by atoms with Gasteiger partial charge in [-0.05, 0) is 36.4 Å². The van der Waals surface area contributed by atoms with Crippen molar-refractivity contribution < 1.29 is 23.1 Å². The van der Waals surface area contributed by atoms with E-state index in [0.717, 1.165) is 23.5 Å². The normalized spacial score (nSPS) is 10.6. The van der Waals surface area contributed by atoms with Gasteiger partial charge in [-0.3, -0.25) is 14.9 Å². The Hall–Kier alpha value is -3.91. The fourth-order valence-electron chi connectivity index (χ4n) is 3.03. The zero-order chi connectivity index (χ0) is 22.7. The first kappa shape index (κ1) is 21.3. The van der Waals surface area contributed by atoms with Crippen molar-refractivity contribution >= 4 is 28.2 Å². The molecule has 0 aliphatic carbocycles. The number of rotatable bonds is 6. The molecule has 160 valence electrons. The summed E-state index contributed by atoms with van der Waals surface area (Å²) in [5, 5.41) is 2.85. The average molecular weight is 450 g/mol. The van der Waals surface area contributed by atoms with Gasteiger partial charge in [-0.15, -0.1) is 0 Å².